The number of hydrogen-bond donors (Lipinski definition) is 1. The zero-order chi connectivity index (χ0) is 14.7. The molecule has 9 heteroatoms. The molecule has 1 aliphatic rings. The average Bonchev–Trinajstić information content (AvgIpc) is 2.96. The molecule has 1 aromatic heterocycles. The van der Waals surface area contributed by atoms with Gasteiger partial charge in [0.25, 0.3) is 0 Å². The molecule has 1 fully saturated rings. The van der Waals surface area contributed by atoms with Crippen LogP contribution in [0, 0.1) is 0 Å². The molecule has 0 radical (unpaired) electrons. The van der Waals surface area contributed by atoms with E-state index >= 15 is 0 Å². The standard InChI is InChI=1S/C11H18N6O2S/c1-3-7(2)17-9(18)6-8(10(17)19)20-11-13-14-15-16(11)5-4-12/h7-8H,3-6,12H2,1-2H3. The molecule has 8 nitrogen and oxygen atoms in total. The highest BCUT2D eigenvalue weighted by molar-refractivity contribution is 8.00. The largest absolute Gasteiger partial charge is 0.329 e. The topological polar surface area (TPSA) is 107 Å². The maximum Gasteiger partial charge on any atom is 0.243 e. The molecule has 2 atom stereocenters. The van der Waals surface area contributed by atoms with Crippen molar-refractivity contribution in [3.05, 3.63) is 0 Å². The first-order valence-corrected chi connectivity index (χ1v) is 7.45. The smallest absolute Gasteiger partial charge is 0.243 e. The molecule has 2 N–H and O–H groups in total. The van der Waals surface area contributed by atoms with Crippen molar-refractivity contribution in [3.63, 3.8) is 0 Å². The third kappa shape index (κ3) is 2.83. The van der Waals surface area contributed by atoms with E-state index in [1.54, 1.807) is 4.68 Å². The lowest BCUT2D eigenvalue weighted by atomic mass is 10.2. The fraction of sp³-hybridized carbons (Fsp3) is 0.727. The van der Waals surface area contributed by atoms with Gasteiger partial charge >= 0.3 is 0 Å². The third-order valence-electron chi connectivity index (χ3n) is 3.26. The van der Waals surface area contributed by atoms with E-state index in [0.29, 0.717) is 18.2 Å². The van der Waals surface area contributed by atoms with Crippen LogP contribution in [0.5, 0.6) is 0 Å². The summed E-state index contributed by atoms with van der Waals surface area (Å²) in [5, 5.41) is 11.3. The van der Waals surface area contributed by atoms with Gasteiger partial charge in [-0.25, -0.2) is 4.68 Å². The Bertz CT molecular complexity index is 505. The van der Waals surface area contributed by atoms with Crippen LogP contribution in [0.2, 0.25) is 0 Å². The summed E-state index contributed by atoms with van der Waals surface area (Å²) in [5.74, 6) is -0.281. The Labute approximate surface area is 121 Å². The van der Waals surface area contributed by atoms with Crippen LogP contribution in [-0.2, 0) is 16.1 Å². The van der Waals surface area contributed by atoms with Crippen LogP contribution in [0.15, 0.2) is 5.16 Å². The van der Waals surface area contributed by atoms with E-state index in [4.69, 9.17) is 5.73 Å². The number of imide groups is 1. The minimum Gasteiger partial charge on any atom is -0.329 e. The number of tetrazole rings is 1. The van der Waals surface area contributed by atoms with Crippen molar-refractivity contribution >= 4 is 23.6 Å². The van der Waals surface area contributed by atoms with Gasteiger partial charge < -0.3 is 5.73 Å². The van der Waals surface area contributed by atoms with Crippen molar-refractivity contribution in [3.8, 4) is 0 Å². The summed E-state index contributed by atoms with van der Waals surface area (Å²) in [6, 6.07) is -0.0689. The van der Waals surface area contributed by atoms with Crippen LogP contribution in [0.25, 0.3) is 0 Å². The molecular weight excluding hydrogens is 280 g/mol. The normalized spacial score (nSPS) is 20.8. The Balaban J connectivity index is 2.09. The van der Waals surface area contributed by atoms with Gasteiger partial charge in [-0.3, -0.25) is 14.5 Å². The molecule has 2 rings (SSSR count). The van der Waals surface area contributed by atoms with Crippen LogP contribution in [0.4, 0.5) is 0 Å². The molecule has 1 aromatic rings. The fourth-order valence-corrected chi connectivity index (χ4v) is 3.06. The molecule has 20 heavy (non-hydrogen) atoms. The van der Waals surface area contributed by atoms with Gasteiger partial charge in [-0.1, -0.05) is 18.7 Å². The number of nitrogens with two attached hydrogens (primary N) is 1. The molecular formula is C11H18N6O2S. The second kappa shape index (κ2) is 6.31. The minimum absolute atomic E-state index is 0.0689. The van der Waals surface area contributed by atoms with Gasteiger partial charge in [0, 0.05) is 19.0 Å². The Morgan fingerprint density at radius 3 is 2.90 bits per heavy atom. The number of hydrogen-bond acceptors (Lipinski definition) is 7. The third-order valence-corrected chi connectivity index (χ3v) is 4.42. The molecule has 0 spiro atoms. The zero-order valence-electron chi connectivity index (χ0n) is 11.5. The number of amides is 2. The number of carbonyl (C=O) groups excluding carboxylic acids is 2. The summed E-state index contributed by atoms with van der Waals surface area (Å²) in [4.78, 5) is 25.6. The van der Waals surface area contributed by atoms with Crippen molar-refractivity contribution in [2.24, 2.45) is 5.73 Å². The van der Waals surface area contributed by atoms with Crippen LogP contribution < -0.4 is 5.73 Å². The maximum atomic E-state index is 12.3. The zero-order valence-corrected chi connectivity index (χ0v) is 12.3. The summed E-state index contributed by atoms with van der Waals surface area (Å²) in [7, 11) is 0. The summed E-state index contributed by atoms with van der Waals surface area (Å²) in [6.45, 7) is 4.73. The predicted octanol–water partition coefficient (Wildman–Crippen LogP) is -0.350. The van der Waals surface area contributed by atoms with Crippen LogP contribution in [-0.4, -0.2) is 54.8 Å². The van der Waals surface area contributed by atoms with Gasteiger partial charge in [0.15, 0.2) is 0 Å². The van der Waals surface area contributed by atoms with Crippen molar-refractivity contribution < 1.29 is 9.59 Å². The van der Waals surface area contributed by atoms with E-state index in [0.717, 1.165) is 6.42 Å². The van der Waals surface area contributed by atoms with Gasteiger partial charge in [0.2, 0.25) is 17.0 Å². The van der Waals surface area contributed by atoms with Gasteiger partial charge in [0.1, 0.15) is 5.25 Å². The highest BCUT2D eigenvalue weighted by Gasteiger charge is 2.41. The van der Waals surface area contributed by atoms with E-state index in [1.807, 2.05) is 13.8 Å². The van der Waals surface area contributed by atoms with Crippen LogP contribution in [0.3, 0.4) is 0 Å². The van der Waals surface area contributed by atoms with E-state index < -0.39 is 5.25 Å². The molecule has 110 valence electrons. The summed E-state index contributed by atoms with van der Waals surface area (Å²) in [6.07, 6.45) is 0.948. The first-order chi connectivity index (χ1) is 9.58. The SMILES string of the molecule is CCC(C)N1C(=O)CC(Sc2nnnn2CCN)C1=O. The first kappa shape index (κ1) is 14.9. The van der Waals surface area contributed by atoms with Gasteiger partial charge in [-0.15, -0.1) is 5.10 Å². The Morgan fingerprint density at radius 2 is 2.25 bits per heavy atom. The lowest BCUT2D eigenvalue weighted by molar-refractivity contribution is -0.140. The number of thioether (sulfide) groups is 1. The number of aromatic nitrogens is 4. The number of nitrogens with zero attached hydrogens (tertiary/aromatic N) is 5. The Kier molecular flexibility index (Phi) is 4.71. The highest BCUT2D eigenvalue weighted by Crippen LogP contribution is 2.31. The number of likely N-dealkylation sites (tertiary alicyclic amines) is 1. The van der Waals surface area contributed by atoms with Crippen molar-refractivity contribution in [2.45, 2.75) is 49.7 Å². The number of rotatable bonds is 6. The van der Waals surface area contributed by atoms with E-state index in [2.05, 4.69) is 15.5 Å². The summed E-state index contributed by atoms with van der Waals surface area (Å²) < 4.78 is 1.55. The van der Waals surface area contributed by atoms with Gasteiger partial charge in [-0.05, 0) is 23.8 Å². The maximum absolute atomic E-state index is 12.3. The van der Waals surface area contributed by atoms with E-state index in [1.165, 1.54) is 16.7 Å². The van der Waals surface area contributed by atoms with Gasteiger partial charge in [0.05, 0.1) is 6.54 Å². The van der Waals surface area contributed by atoms with Crippen LogP contribution >= 0.6 is 11.8 Å². The molecule has 0 aliphatic carbocycles. The molecule has 2 unspecified atom stereocenters. The monoisotopic (exact) mass is 298 g/mol. The lowest BCUT2D eigenvalue weighted by Gasteiger charge is -2.21. The molecule has 0 aromatic carbocycles. The molecule has 2 amide bonds. The molecule has 1 aliphatic heterocycles. The van der Waals surface area contributed by atoms with Gasteiger partial charge in [-0.2, -0.15) is 0 Å². The van der Waals surface area contributed by atoms with E-state index in [9.17, 15) is 9.59 Å². The fourth-order valence-electron chi connectivity index (χ4n) is 2.03. The quantitative estimate of drug-likeness (QED) is 0.715. The summed E-state index contributed by atoms with van der Waals surface area (Å²) >= 11 is 1.23. The minimum atomic E-state index is -0.445. The molecule has 1 saturated heterocycles. The average molecular weight is 298 g/mol. The second-order valence-corrected chi connectivity index (χ2v) is 5.81. The Hall–Kier alpha value is -1.48. The van der Waals surface area contributed by atoms with Crippen molar-refractivity contribution in [1.82, 2.24) is 25.1 Å². The molecule has 0 saturated carbocycles. The lowest BCUT2D eigenvalue weighted by Crippen LogP contribution is -2.38. The molecule has 0 bridgehead atoms. The first-order valence-electron chi connectivity index (χ1n) is 6.57. The van der Waals surface area contributed by atoms with Crippen molar-refractivity contribution in [2.75, 3.05) is 6.54 Å². The highest BCUT2D eigenvalue weighted by atomic mass is 32.2. The van der Waals surface area contributed by atoms with Crippen molar-refractivity contribution in [1.29, 1.82) is 0 Å². The Morgan fingerprint density at radius 1 is 1.50 bits per heavy atom. The number of carbonyl (C=O) groups is 2. The molecule has 2 heterocycles. The van der Waals surface area contributed by atoms with E-state index in [-0.39, 0.29) is 24.3 Å². The summed E-state index contributed by atoms with van der Waals surface area (Å²) in [5.41, 5.74) is 5.47. The van der Waals surface area contributed by atoms with Crippen LogP contribution in [0.1, 0.15) is 26.7 Å². The predicted molar refractivity (Wildman–Crippen MR) is 72.7 cm³/mol. The second-order valence-electron chi connectivity index (χ2n) is 4.64.